The molecule has 0 aliphatic heterocycles. The van der Waals surface area contributed by atoms with Crippen molar-refractivity contribution < 1.29 is 9.59 Å². The van der Waals surface area contributed by atoms with Gasteiger partial charge in [0.2, 0.25) is 5.91 Å². The van der Waals surface area contributed by atoms with E-state index in [0.29, 0.717) is 6.54 Å². The summed E-state index contributed by atoms with van der Waals surface area (Å²) in [6.07, 6.45) is 15.9. The lowest BCUT2D eigenvalue weighted by Gasteiger charge is -2.57. The third-order valence-corrected chi connectivity index (χ3v) is 7.03. The monoisotopic (exact) mass is 359 g/mol. The summed E-state index contributed by atoms with van der Waals surface area (Å²) < 4.78 is 0. The lowest BCUT2D eigenvalue weighted by molar-refractivity contribution is -0.120. The van der Waals surface area contributed by atoms with Gasteiger partial charge in [0.15, 0.2) is 0 Å². The molecule has 3 N–H and O–H groups in total. The molecular formula is C21H33N3O2. The topological polar surface area (TPSA) is 70.2 Å². The highest BCUT2D eigenvalue weighted by molar-refractivity contribution is 5.95. The molecule has 26 heavy (non-hydrogen) atoms. The van der Waals surface area contributed by atoms with Crippen LogP contribution in [-0.2, 0) is 4.79 Å². The van der Waals surface area contributed by atoms with Gasteiger partial charge < -0.3 is 10.6 Å². The van der Waals surface area contributed by atoms with Crippen molar-refractivity contribution in [1.29, 1.82) is 0 Å². The van der Waals surface area contributed by atoms with Crippen LogP contribution in [0.4, 0.5) is 4.79 Å². The van der Waals surface area contributed by atoms with E-state index in [0.717, 1.165) is 37.0 Å². The maximum atomic E-state index is 12.2. The van der Waals surface area contributed by atoms with Gasteiger partial charge in [0, 0.05) is 12.1 Å². The summed E-state index contributed by atoms with van der Waals surface area (Å²) in [4.78, 5) is 24.1. The fourth-order valence-electron chi connectivity index (χ4n) is 6.28. The number of imide groups is 1. The number of amides is 3. The smallest absolute Gasteiger partial charge is 0.321 e. The number of hydrogen-bond donors (Lipinski definition) is 3. The van der Waals surface area contributed by atoms with E-state index >= 15 is 0 Å². The standard InChI is InChI=1S/C21H33N3O2/c25-19(24-20(26)22-7-6-15-4-2-1-3-5-15)14-23-21-11-16-8-17(12-21)10-18(9-16)13-21/h4,16-18,23H,1-3,5-14H2,(H2,22,24,25,26). The predicted molar refractivity (Wildman–Crippen MR) is 102 cm³/mol. The average molecular weight is 360 g/mol. The molecule has 0 heterocycles. The molecule has 0 aromatic rings. The van der Waals surface area contributed by atoms with Crippen LogP contribution in [0.5, 0.6) is 0 Å². The molecular weight excluding hydrogens is 326 g/mol. The zero-order valence-electron chi connectivity index (χ0n) is 15.8. The molecule has 0 radical (unpaired) electrons. The van der Waals surface area contributed by atoms with Crippen molar-refractivity contribution in [3.8, 4) is 0 Å². The third kappa shape index (κ3) is 4.30. The predicted octanol–water partition coefficient (Wildman–Crippen LogP) is 3.26. The molecule has 5 nitrogen and oxygen atoms in total. The normalized spacial score (nSPS) is 35.1. The Morgan fingerprint density at radius 2 is 1.73 bits per heavy atom. The van der Waals surface area contributed by atoms with Crippen molar-refractivity contribution in [1.82, 2.24) is 16.0 Å². The van der Waals surface area contributed by atoms with E-state index in [-0.39, 0.29) is 24.0 Å². The molecule has 5 aliphatic carbocycles. The summed E-state index contributed by atoms with van der Waals surface area (Å²) >= 11 is 0. The second kappa shape index (κ2) is 7.71. The van der Waals surface area contributed by atoms with Crippen molar-refractivity contribution >= 4 is 11.9 Å². The molecule has 0 atom stereocenters. The van der Waals surface area contributed by atoms with Gasteiger partial charge in [0.05, 0.1) is 6.54 Å². The zero-order chi connectivity index (χ0) is 18.0. The number of carbonyl (C=O) groups excluding carboxylic acids is 2. The maximum absolute atomic E-state index is 12.2. The Morgan fingerprint density at radius 1 is 1.04 bits per heavy atom. The minimum absolute atomic E-state index is 0.163. The van der Waals surface area contributed by atoms with E-state index in [9.17, 15) is 9.59 Å². The molecule has 4 fully saturated rings. The highest BCUT2D eigenvalue weighted by atomic mass is 16.2. The summed E-state index contributed by atoms with van der Waals surface area (Å²) in [5.74, 6) is 2.35. The van der Waals surface area contributed by atoms with Crippen LogP contribution in [0, 0.1) is 17.8 Å². The average Bonchev–Trinajstić information content (AvgIpc) is 2.60. The Morgan fingerprint density at radius 3 is 2.35 bits per heavy atom. The molecule has 4 bridgehead atoms. The maximum Gasteiger partial charge on any atom is 0.321 e. The van der Waals surface area contributed by atoms with Crippen LogP contribution in [0.3, 0.4) is 0 Å². The first-order chi connectivity index (χ1) is 12.6. The molecule has 0 aromatic carbocycles. The number of rotatable bonds is 6. The second-order valence-corrected chi connectivity index (χ2v) is 9.21. The van der Waals surface area contributed by atoms with Crippen LogP contribution < -0.4 is 16.0 Å². The van der Waals surface area contributed by atoms with Crippen molar-refractivity contribution in [2.45, 2.75) is 76.2 Å². The lowest BCUT2D eigenvalue weighted by Crippen LogP contribution is -2.60. The first-order valence-corrected chi connectivity index (χ1v) is 10.6. The van der Waals surface area contributed by atoms with Crippen LogP contribution in [0.1, 0.15) is 70.6 Å². The Bertz CT molecular complexity index is 549. The Labute approximate surface area is 156 Å². The van der Waals surface area contributed by atoms with E-state index < -0.39 is 0 Å². The SMILES string of the molecule is O=C(CNC12CC3CC(CC(C3)C1)C2)NC(=O)NCCC1=CCCCC1. The summed E-state index contributed by atoms with van der Waals surface area (Å²) in [5.41, 5.74) is 1.60. The van der Waals surface area contributed by atoms with Gasteiger partial charge in [-0.05, 0) is 88.4 Å². The first-order valence-electron chi connectivity index (χ1n) is 10.6. The molecule has 0 aromatic heterocycles. The minimum Gasteiger partial charge on any atom is -0.337 e. The molecule has 3 amide bonds. The van der Waals surface area contributed by atoms with E-state index in [1.165, 1.54) is 56.9 Å². The molecule has 0 saturated heterocycles. The second-order valence-electron chi connectivity index (χ2n) is 9.21. The van der Waals surface area contributed by atoms with Crippen LogP contribution in [0.2, 0.25) is 0 Å². The molecule has 5 heteroatoms. The summed E-state index contributed by atoms with van der Waals surface area (Å²) in [7, 11) is 0. The lowest BCUT2D eigenvalue weighted by atomic mass is 9.53. The zero-order valence-corrected chi connectivity index (χ0v) is 15.8. The Kier molecular flexibility index (Phi) is 5.35. The van der Waals surface area contributed by atoms with Crippen molar-refractivity contribution in [2.75, 3.05) is 13.1 Å². The van der Waals surface area contributed by atoms with Crippen molar-refractivity contribution in [3.05, 3.63) is 11.6 Å². The summed E-state index contributed by atoms with van der Waals surface area (Å²) in [6, 6.07) is -0.362. The Balaban J connectivity index is 1.16. The summed E-state index contributed by atoms with van der Waals surface area (Å²) in [6.45, 7) is 0.859. The highest BCUT2D eigenvalue weighted by Crippen LogP contribution is 2.55. The molecule has 4 saturated carbocycles. The van der Waals surface area contributed by atoms with Gasteiger partial charge >= 0.3 is 6.03 Å². The van der Waals surface area contributed by atoms with Gasteiger partial charge in [-0.1, -0.05) is 11.6 Å². The number of allylic oxidation sites excluding steroid dienone is 1. The van der Waals surface area contributed by atoms with E-state index in [1.807, 2.05) is 0 Å². The fourth-order valence-corrected chi connectivity index (χ4v) is 6.28. The number of hydrogen-bond acceptors (Lipinski definition) is 3. The third-order valence-electron chi connectivity index (χ3n) is 7.03. The Hall–Kier alpha value is -1.36. The van der Waals surface area contributed by atoms with Gasteiger partial charge in [0.25, 0.3) is 0 Å². The largest absolute Gasteiger partial charge is 0.337 e. The molecule has 144 valence electrons. The quantitative estimate of drug-likeness (QED) is 0.638. The molecule has 5 rings (SSSR count). The molecule has 0 spiro atoms. The summed E-state index contributed by atoms with van der Waals surface area (Å²) in [5, 5.41) is 8.83. The van der Waals surface area contributed by atoms with Crippen molar-refractivity contribution in [2.24, 2.45) is 17.8 Å². The van der Waals surface area contributed by atoms with Gasteiger partial charge in [-0.2, -0.15) is 0 Å². The van der Waals surface area contributed by atoms with Crippen LogP contribution in [0.25, 0.3) is 0 Å². The molecule has 0 unspecified atom stereocenters. The van der Waals surface area contributed by atoms with Gasteiger partial charge in [0.1, 0.15) is 0 Å². The van der Waals surface area contributed by atoms with Gasteiger partial charge in [-0.15, -0.1) is 0 Å². The number of urea groups is 1. The van der Waals surface area contributed by atoms with Crippen LogP contribution in [-0.4, -0.2) is 30.6 Å². The van der Waals surface area contributed by atoms with E-state index in [2.05, 4.69) is 22.0 Å². The van der Waals surface area contributed by atoms with E-state index in [1.54, 1.807) is 0 Å². The van der Waals surface area contributed by atoms with Crippen molar-refractivity contribution in [3.63, 3.8) is 0 Å². The fraction of sp³-hybridized carbons (Fsp3) is 0.810. The highest BCUT2D eigenvalue weighted by Gasteiger charge is 2.50. The van der Waals surface area contributed by atoms with Gasteiger partial charge in [-0.25, -0.2) is 4.79 Å². The first kappa shape index (κ1) is 18.0. The van der Waals surface area contributed by atoms with Crippen LogP contribution in [0.15, 0.2) is 11.6 Å². The van der Waals surface area contributed by atoms with Crippen LogP contribution >= 0.6 is 0 Å². The minimum atomic E-state index is -0.362. The number of carbonyl (C=O) groups is 2. The van der Waals surface area contributed by atoms with E-state index in [4.69, 9.17) is 0 Å². The van der Waals surface area contributed by atoms with Gasteiger partial charge in [-0.3, -0.25) is 10.1 Å². The molecule has 5 aliphatic rings. The number of nitrogens with one attached hydrogen (secondary N) is 3.